The molecule has 0 spiro atoms. The predicted molar refractivity (Wildman–Crippen MR) is 129 cm³/mol. The molecule has 3 rings (SSSR count). The summed E-state index contributed by atoms with van der Waals surface area (Å²) >= 11 is 1.52. The van der Waals surface area contributed by atoms with Crippen molar-refractivity contribution < 1.29 is 9.72 Å². The lowest BCUT2D eigenvalue weighted by atomic mass is 10.1. The molecular weight excluding hydrogens is 436 g/mol. The predicted octanol–water partition coefficient (Wildman–Crippen LogP) is 5.59. The first-order valence-electron chi connectivity index (χ1n) is 10.3. The zero-order valence-electron chi connectivity index (χ0n) is 18.8. The number of hydrogen-bond acceptors (Lipinski definition) is 5. The van der Waals surface area contributed by atoms with Gasteiger partial charge in [0.2, 0.25) is 0 Å². The Bertz CT molecular complexity index is 1250. The summed E-state index contributed by atoms with van der Waals surface area (Å²) in [5.74, 6) is -0.384. The first kappa shape index (κ1) is 23.8. The Balaban J connectivity index is 1.83. The van der Waals surface area contributed by atoms with Crippen LogP contribution in [0.25, 0.3) is 11.8 Å². The molecule has 0 atom stereocenters. The number of nitro benzene ring substituents is 1. The summed E-state index contributed by atoms with van der Waals surface area (Å²) in [5.41, 5.74) is 3.82. The number of nitrogens with one attached hydrogen (secondary N) is 1. The number of nitrogens with zero attached hydrogens (tertiary/aromatic N) is 3. The molecule has 0 radical (unpaired) electrons. The minimum absolute atomic E-state index is 0.0518. The summed E-state index contributed by atoms with van der Waals surface area (Å²) in [5, 5.41) is 23.0. The van der Waals surface area contributed by atoms with Crippen LogP contribution >= 0.6 is 11.8 Å². The number of amides is 1. The Kier molecular flexibility index (Phi) is 7.36. The van der Waals surface area contributed by atoms with Crippen molar-refractivity contribution in [3.63, 3.8) is 0 Å². The van der Waals surface area contributed by atoms with Crippen molar-refractivity contribution in [2.75, 3.05) is 0 Å². The van der Waals surface area contributed by atoms with E-state index in [0.717, 1.165) is 32.4 Å². The van der Waals surface area contributed by atoms with Crippen LogP contribution in [0.15, 0.2) is 70.0 Å². The van der Waals surface area contributed by atoms with E-state index in [-0.39, 0.29) is 23.2 Å². The smallest absolute Gasteiger partial charge is 0.269 e. The van der Waals surface area contributed by atoms with Gasteiger partial charge in [0, 0.05) is 45.0 Å². The number of aromatic nitrogens is 1. The molecule has 1 heterocycles. The topological polar surface area (TPSA) is 101 Å². The maximum absolute atomic E-state index is 12.3. The number of carbonyl (C=O) groups is 1. The number of benzene rings is 2. The van der Waals surface area contributed by atoms with Gasteiger partial charge in [-0.25, -0.2) is 0 Å². The highest BCUT2D eigenvalue weighted by Gasteiger charge is 2.14. The van der Waals surface area contributed by atoms with Gasteiger partial charge in [-0.05, 0) is 81.8 Å². The monoisotopic (exact) mass is 460 g/mol. The standard InChI is InChI=1S/C25H24N4O3S/c1-16(2)27-25(30)20(15-26)14-19-13-17(3)28(18(19)4)21-5-9-23(10-6-21)33-24-11-7-22(8-12-24)29(31)32/h5-14,16H,1-4H3,(H,27,30)/b20-14-. The lowest BCUT2D eigenvalue weighted by molar-refractivity contribution is -0.384. The van der Waals surface area contributed by atoms with Crippen LogP contribution in [0, 0.1) is 35.3 Å². The summed E-state index contributed by atoms with van der Waals surface area (Å²) in [6.07, 6.45) is 1.62. The van der Waals surface area contributed by atoms with Gasteiger partial charge < -0.3 is 9.88 Å². The lowest BCUT2D eigenvalue weighted by Gasteiger charge is -2.11. The quantitative estimate of drug-likeness (QED) is 0.214. The molecule has 1 amide bonds. The average molecular weight is 461 g/mol. The highest BCUT2D eigenvalue weighted by molar-refractivity contribution is 7.99. The summed E-state index contributed by atoms with van der Waals surface area (Å²) < 4.78 is 2.07. The van der Waals surface area contributed by atoms with E-state index in [2.05, 4.69) is 9.88 Å². The van der Waals surface area contributed by atoms with Crippen LogP contribution < -0.4 is 5.32 Å². The molecule has 7 nitrogen and oxygen atoms in total. The maximum Gasteiger partial charge on any atom is 0.269 e. The van der Waals surface area contributed by atoms with Gasteiger partial charge in [0.15, 0.2) is 0 Å². The van der Waals surface area contributed by atoms with Gasteiger partial charge in [0.25, 0.3) is 11.6 Å². The Morgan fingerprint density at radius 3 is 2.21 bits per heavy atom. The van der Waals surface area contributed by atoms with E-state index in [1.807, 2.05) is 64.1 Å². The minimum Gasteiger partial charge on any atom is -0.349 e. The molecule has 0 saturated heterocycles. The van der Waals surface area contributed by atoms with Crippen LogP contribution in [0.3, 0.4) is 0 Å². The van der Waals surface area contributed by atoms with E-state index < -0.39 is 4.92 Å². The molecule has 0 bridgehead atoms. The molecule has 0 unspecified atom stereocenters. The van der Waals surface area contributed by atoms with E-state index in [9.17, 15) is 20.2 Å². The number of carbonyl (C=O) groups excluding carboxylic acids is 1. The molecule has 0 aliphatic rings. The van der Waals surface area contributed by atoms with Gasteiger partial charge in [-0.2, -0.15) is 5.26 Å². The van der Waals surface area contributed by atoms with Gasteiger partial charge in [-0.15, -0.1) is 0 Å². The van der Waals surface area contributed by atoms with Gasteiger partial charge >= 0.3 is 0 Å². The third-order valence-corrected chi connectivity index (χ3v) is 5.95. The molecule has 3 aromatic rings. The van der Waals surface area contributed by atoms with Crippen LogP contribution in [0.1, 0.15) is 30.8 Å². The molecule has 2 aromatic carbocycles. The second-order valence-corrected chi connectivity index (χ2v) is 8.95. The van der Waals surface area contributed by atoms with Crippen molar-refractivity contribution >= 4 is 29.4 Å². The van der Waals surface area contributed by atoms with E-state index >= 15 is 0 Å². The van der Waals surface area contributed by atoms with Crippen molar-refractivity contribution in [1.29, 1.82) is 5.26 Å². The normalized spacial score (nSPS) is 11.3. The zero-order chi connectivity index (χ0) is 24.1. The molecule has 0 aliphatic heterocycles. The molecule has 0 fully saturated rings. The van der Waals surface area contributed by atoms with E-state index in [4.69, 9.17) is 0 Å². The number of aryl methyl sites for hydroxylation is 1. The fraction of sp³-hybridized carbons (Fsp3) is 0.200. The summed E-state index contributed by atoms with van der Waals surface area (Å²) in [6, 6.07) is 18.3. The third kappa shape index (κ3) is 5.70. The molecule has 168 valence electrons. The van der Waals surface area contributed by atoms with Gasteiger partial charge in [0.05, 0.1) is 4.92 Å². The van der Waals surface area contributed by atoms with Crippen molar-refractivity contribution in [3.05, 3.63) is 87.2 Å². The molecular formula is C25H24N4O3S. The third-order valence-electron chi connectivity index (χ3n) is 4.93. The van der Waals surface area contributed by atoms with Crippen molar-refractivity contribution in [2.24, 2.45) is 0 Å². The molecule has 33 heavy (non-hydrogen) atoms. The van der Waals surface area contributed by atoms with Crippen LogP contribution in [0.5, 0.6) is 0 Å². The summed E-state index contributed by atoms with van der Waals surface area (Å²) in [6.45, 7) is 7.63. The van der Waals surface area contributed by atoms with E-state index in [1.165, 1.54) is 23.9 Å². The number of nitro groups is 1. The Morgan fingerprint density at radius 2 is 1.70 bits per heavy atom. The van der Waals surface area contributed by atoms with Crippen LogP contribution in [-0.2, 0) is 4.79 Å². The fourth-order valence-electron chi connectivity index (χ4n) is 3.41. The zero-order valence-corrected chi connectivity index (χ0v) is 19.6. The van der Waals surface area contributed by atoms with E-state index in [0.29, 0.717) is 0 Å². The summed E-state index contributed by atoms with van der Waals surface area (Å²) in [7, 11) is 0. The highest BCUT2D eigenvalue weighted by Crippen LogP contribution is 2.30. The van der Waals surface area contributed by atoms with Gasteiger partial charge in [0.1, 0.15) is 11.6 Å². The molecule has 1 N–H and O–H groups in total. The fourth-order valence-corrected chi connectivity index (χ4v) is 4.23. The van der Waals surface area contributed by atoms with Crippen molar-refractivity contribution in [2.45, 2.75) is 43.5 Å². The molecule has 1 aromatic heterocycles. The second-order valence-electron chi connectivity index (χ2n) is 7.81. The SMILES string of the molecule is Cc1cc(/C=C(/C#N)C(=O)NC(C)C)c(C)n1-c1ccc(Sc2ccc([N+](=O)[O-])cc2)cc1. The first-order valence-corrected chi connectivity index (χ1v) is 11.2. The molecule has 0 aliphatic carbocycles. The molecule has 8 heteroatoms. The Morgan fingerprint density at radius 1 is 1.12 bits per heavy atom. The highest BCUT2D eigenvalue weighted by atomic mass is 32.2. The Hall–Kier alpha value is -3.83. The van der Waals surface area contributed by atoms with Gasteiger partial charge in [-0.3, -0.25) is 14.9 Å². The van der Waals surface area contributed by atoms with Crippen LogP contribution in [0.2, 0.25) is 0 Å². The minimum atomic E-state index is -0.412. The number of non-ortho nitro benzene ring substituents is 1. The van der Waals surface area contributed by atoms with Crippen molar-refractivity contribution in [3.8, 4) is 11.8 Å². The first-order chi connectivity index (χ1) is 15.7. The largest absolute Gasteiger partial charge is 0.349 e. The Labute approximate surface area is 196 Å². The van der Waals surface area contributed by atoms with Crippen LogP contribution in [-0.4, -0.2) is 21.4 Å². The number of hydrogen-bond donors (Lipinski definition) is 1. The number of rotatable bonds is 7. The van der Waals surface area contributed by atoms with Crippen molar-refractivity contribution in [1.82, 2.24) is 9.88 Å². The lowest BCUT2D eigenvalue weighted by Crippen LogP contribution is -2.30. The van der Waals surface area contributed by atoms with Gasteiger partial charge in [-0.1, -0.05) is 11.8 Å². The van der Waals surface area contributed by atoms with Crippen LogP contribution in [0.4, 0.5) is 5.69 Å². The van der Waals surface area contributed by atoms with E-state index in [1.54, 1.807) is 18.2 Å². The number of nitriles is 1. The molecule has 0 saturated carbocycles. The average Bonchev–Trinajstić information content (AvgIpc) is 3.05. The maximum atomic E-state index is 12.3. The summed E-state index contributed by atoms with van der Waals surface area (Å²) in [4.78, 5) is 24.6. The second kappa shape index (κ2) is 10.2.